The van der Waals surface area contributed by atoms with E-state index in [2.05, 4.69) is 44.7 Å². The molecule has 3 aromatic carbocycles. The number of aromatic amines is 1. The fraction of sp³-hybridized carbons (Fsp3) is 0.0455. The second-order valence-electron chi connectivity index (χ2n) is 6.38. The van der Waals surface area contributed by atoms with Gasteiger partial charge in [-0.3, -0.25) is 4.72 Å². The quantitative estimate of drug-likeness (QED) is 0.522. The van der Waals surface area contributed by atoms with Crippen molar-refractivity contribution in [1.29, 1.82) is 0 Å². The van der Waals surface area contributed by atoms with Crippen molar-refractivity contribution in [2.45, 2.75) is 0 Å². The van der Waals surface area contributed by atoms with Gasteiger partial charge in [0.15, 0.2) is 5.82 Å². The van der Waals surface area contributed by atoms with Crippen LogP contribution in [0, 0.1) is 11.8 Å². The molecule has 2 N–H and O–H groups in total. The molecule has 0 fully saturated rings. The van der Waals surface area contributed by atoms with Gasteiger partial charge >= 0.3 is 0 Å². The maximum atomic E-state index is 11.2. The monoisotopic (exact) mass is 387 g/mol. The Morgan fingerprint density at radius 3 is 2.36 bits per heavy atom. The molecule has 0 saturated carbocycles. The van der Waals surface area contributed by atoms with Crippen LogP contribution in [0.3, 0.4) is 0 Å². The Bertz CT molecular complexity index is 1300. The molecule has 0 spiro atoms. The van der Waals surface area contributed by atoms with Crippen LogP contribution in [0.5, 0.6) is 0 Å². The highest BCUT2D eigenvalue weighted by Gasteiger charge is 2.04. The van der Waals surface area contributed by atoms with Crippen molar-refractivity contribution in [2.75, 3.05) is 11.0 Å². The lowest BCUT2D eigenvalue weighted by atomic mass is 10.1. The molecule has 0 aliphatic carbocycles. The zero-order valence-corrected chi connectivity index (χ0v) is 15.9. The number of sulfonamides is 1. The summed E-state index contributed by atoms with van der Waals surface area (Å²) in [5, 5.41) is 0. The summed E-state index contributed by atoms with van der Waals surface area (Å²) in [7, 11) is -3.28. The van der Waals surface area contributed by atoms with E-state index in [4.69, 9.17) is 0 Å². The summed E-state index contributed by atoms with van der Waals surface area (Å²) in [5.41, 5.74) is 5.32. The number of aromatic nitrogens is 2. The maximum Gasteiger partial charge on any atom is 0.229 e. The molecule has 0 aliphatic heterocycles. The van der Waals surface area contributed by atoms with E-state index in [0.717, 1.165) is 34.0 Å². The zero-order chi connectivity index (χ0) is 19.6. The van der Waals surface area contributed by atoms with Crippen molar-refractivity contribution < 1.29 is 8.42 Å². The van der Waals surface area contributed by atoms with Crippen LogP contribution >= 0.6 is 0 Å². The molecule has 6 heteroatoms. The van der Waals surface area contributed by atoms with Crippen LogP contribution in [0.4, 0.5) is 5.69 Å². The van der Waals surface area contributed by atoms with Crippen molar-refractivity contribution in [3.8, 4) is 23.0 Å². The number of hydrogen-bond acceptors (Lipinski definition) is 3. The van der Waals surface area contributed by atoms with Gasteiger partial charge in [0.25, 0.3) is 0 Å². The molecule has 4 rings (SSSR count). The minimum atomic E-state index is -3.28. The number of fused-ring (bicyclic) bond motifs is 1. The molecule has 0 bridgehead atoms. The highest BCUT2D eigenvalue weighted by atomic mass is 32.2. The first kappa shape index (κ1) is 17.8. The fourth-order valence-corrected chi connectivity index (χ4v) is 3.41. The topological polar surface area (TPSA) is 74.8 Å². The molecule has 0 atom stereocenters. The molecule has 28 heavy (non-hydrogen) atoms. The smallest absolute Gasteiger partial charge is 0.229 e. The lowest BCUT2D eigenvalue weighted by Gasteiger charge is -2.02. The van der Waals surface area contributed by atoms with Gasteiger partial charge in [-0.25, -0.2) is 13.4 Å². The summed E-state index contributed by atoms with van der Waals surface area (Å²) in [6, 6.07) is 23.1. The molecular formula is C22H17N3O2S. The van der Waals surface area contributed by atoms with Gasteiger partial charge in [0.05, 0.1) is 17.3 Å². The van der Waals surface area contributed by atoms with E-state index in [9.17, 15) is 8.42 Å². The van der Waals surface area contributed by atoms with Crippen LogP contribution < -0.4 is 4.72 Å². The third-order valence-electron chi connectivity index (χ3n) is 4.10. The Labute approximate surface area is 163 Å². The lowest BCUT2D eigenvalue weighted by molar-refractivity contribution is 0.607. The summed E-state index contributed by atoms with van der Waals surface area (Å²) < 4.78 is 24.9. The number of rotatable bonds is 3. The second-order valence-corrected chi connectivity index (χ2v) is 8.13. The van der Waals surface area contributed by atoms with Crippen molar-refractivity contribution in [1.82, 2.24) is 9.97 Å². The van der Waals surface area contributed by atoms with Gasteiger partial charge in [-0.1, -0.05) is 42.3 Å². The van der Waals surface area contributed by atoms with Crippen LogP contribution in [-0.2, 0) is 10.0 Å². The highest BCUT2D eigenvalue weighted by Crippen LogP contribution is 2.23. The van der Waals surface area contributed by atoms with Gasteiger partial charge in [0, 0.05) is 11.3 Å². The number of nitrogens with one attached hydrogen (secondary N) is 2. The normalized spacial score (nSPS) is 11.0. The number of H-pyrrole nitrogens is 1. The van der Waals surface area contributed by atoms with E-state index in [0.29, 0.717) is 11.5 Å². The number of benzene rings is 3. The Kier molecular flexibility index (Phi) is 4.60. The van der Waals surface area contributed by atoms with Gasteiger partial charge in [0.1, 0.15) is 0 Å². The second kappa shape index (κ2) is 7.22. The largest absolute Gasteiger partial charge is 0.331 e. The first-order valence-electron chi connectivity index (χ1n) is 8.61. The first-order valence-corrected chi connectivity index (χ1v) is 10.5. The number of imidazole rings is 1. The lowest BCUT2D eigenvalue weighted by Crippen LogP contribution is -2.09. The summed E-state index contributed by atoms with van der Waals surface area (Å²) in [4.78, 5) is 7.75. The van der Waals surface area contributed by atoms with Crippen LogP contribution in [-0.4, -0.2) is 24.6 Å². The van der Waals surface area contributed by atoms with Crippen molar-refractivity contribution in [3.63, 3.8) is 0 Å². The molecule has 0 aliphatic rings. The summed E-state index contributed by atoms with van der Waals surface area (Å²) in [5.74, 6) is 6.64. The standard InChI is InChI=1S/C22H17N3O2S/c1-28(26,27)25-19-11-7-16(8-12-19)9-14-22-23-20-13-10-18(15-21(20)24-22)17-5-3-2-4-6-17/h2-8,10-13,15,25H,1H3,(H,23,24). The van der Waals surface area contributed by atoms with Gasteiger partial charge in [-0.05, 0) is 53.4 Å². The maximum absolute atomic E-state index is 11.2. The van der Waals surface area contributed by atoms with Gasteiger partial charge in [-0.15, -0.1) is 0 Å². The molecule has 4 aromatic rings. The van der Waals surface area contributed by atoms with Crippen LogP contribution in [0.25, 0.3) is 22.2 Å². The average molecular weight is 387 g/mol. The minimum absolute atomic E-state index is 0.505. The van der Waals surface area contributed by atoms with E-state index in [-0.39, 0.29) is 0 Å². The van der Waals surface area contributed by atoms with Gasteiger partial charge < -0.3 is 4.98 Å². The van der Waals surface area contributed by atoms with Crippen LogP contribution in [0.15, 0.2) is 72.8 Å². The summed E-state index contributed by atoms with van der Waals surface area (Å²) in [6.07, 6.45) is 1.12. The first-order chi connectivity index (χ1) is 13.5. The van der Waals surface area contributed by atoms with Crippen molar-refractivity contribution >= 4 is 26.7 Å². The number of hydrogen-bond donors (Lipinski definition) is 2. The van der Waals surface area contributed by atoms with E-state index >= 15 is 0 Å². The Hall–Kier alpha value is -3.56. The Morgan fingerprint density at radius 1 is 0.893 bits per heavy atom. The molecular weight excluding hydrogens is 370 g/mol. The summed E-state index contributed by atoms with van der Waals surface area (Å²) in [6.45, 7) is 0. The van der Waals surface area contributed by atoms with Crippen LogP contribution in [0.2, 0.25) is 0 Å². The minimum Gasteiger partial charge on any atom is -0.331 e. The van der Waals surface area contributed by atoms with E-state index in [1.165, 1.54) is 0 Å². The van der Waals surface area contributed by atoms with Crippen LogP contribution in [0.1, 0.15) is 11.4 Å². The molecule has 0 amide bonds. The molecule has 0 radical (unpaired) electrons. The predicted octanol–water partition coefficient (Wildman–Crippen LogP) is 4.00. The van der Waals surface area contributed by atoms with Crippen molar-refractivity contribution in [2.24, 2.45) is 0 Å². The molecule has 1 aromatic heterocycles. The Morgan fingerprint density at radius 2 is 1.64 bits per heavy atom. The van der Waals surface area contributed by atoms with Gasteiger partial charge in [-0.2, -0.15) is 0 Å². The average Bonchev–Trinajstić information content (AvgIpc) is 3.09. The number of anilines is 1. The zero-order valence-electron chi connectivity index (χ0n) is 15.1. The number of nitrogens with zero attached hydrogens (tertiary/aromatic N) is 1. The molecule has 1 heterocycles. The Balaban J connectivity index is 1.57. The van der Waals surface area contributed by atoms with Gasteiger partial charge in [0.2, 0.25) is 10.0 Å². The van der Waals surface area contributed by atoms with E-state index < -0.39 is 10.0 Å². The van der Waals surface area contributed by atoms with E-state index in [1.54, 1.807) is 24.3 Å². The third kappa shape index (κ3) is 4.22. The molecule has 138 valence electrons. The highest BCUT2D eigenvalue weighted by molar-refractivity contribution is 7.92. The summed E-state index contributed by atoms with van der Waals surface area (Å²) >= 11 is 0. The fourth-order valence-electron chi connectivity index (χ4n) is 2.85. The molecule has 0 saturated heterocycles. The van der Waals surface area contributed by atoms with Crippen molar-refractivity contribution in [3.05, 3.63) is 84.2 Å². The van der Waals surface area contributed by atoms with E-state index in [1.807, 2.05) is 30.3 Å². The molecule has 0 unspecified atom stereocenters. The predicted molar refractivity (Wildman–Crippen MR) is 112 cm³/mol. The third-order valence-corrected chi connectivity index (χ3v) is 4.71. The SMILES string of the molecule is CS(=O)(=O)Nc1ccc(C#Cc2nc3ccc(-c4ccccc4)cc3[nH]2)cc1. The molecule has 5 nitrogen and oxygen atoms in total.